The van der Waals surface area contributed by atoms with E-state index < -0.39 is 0 Å². The fourth-order valence-corrected chi connectivity index (χ4v) is 5.07. The first kappa shape index (κ1) is 21.2. The van der Waals surface area contributed by atoms with Crippen LogP contribution in [0.15, 0.2) is 71.9 Å². The monoisotopic (exact) mass is 456 g/mol. The Labute approximate surface area is 195 Å². The highest BCUT2D eigenvalue weighted by Gasteiger charge is 2.18. The Morgan fingerprint density at radius 3 is 2.64 bits per heavy atom. The Morgan fingerprint density at radius 2 is 1.85 bits per heavy atom. The molecule has 0 aliphatic carbocycles. The molecule has 0 aliphatic heterocycles. The number of aromatic nitrogens is 3. The quantitative estimate of drug-likeness (QED) is 0.290. The smallest absolute Gasteiger partial charge is 0.235 e. The number of anilines is 1. The van der Waals surface area contributed by atoms with E-state index >= 15 is 0 Å². The van der Waals surface area contributed by atoms with Crippen LogP contribution in [0.5, 0.6) is 5.88 Å². The minimum Gasteiger partial charge on any atom is -0.494 e. The van der Waals surface area contributed by atoms with Crippen molar-refractivity contribution in [3.8, 4) is 5.88 Å². The summed E-state index contributed by atoms with van der Waals surface area (Å²) in [4.78, 5) is 20.1. The molecular formula is C26H24N4O2S. The Balaban J connectivity index is 1.46. The van der Waals surface area contributed by atoms with Crippen molar-refractivity contribution in [2.24, 2.45) is 0 Å². The molecule has 0 saturated carbocycles. The van der Waals surface area contributed by atoms with Gasteiger partial charge in [0.25, 0.3) is 0 Å². The normalized spacial score (nSPS) is 11.3. The second-order valence-corrected chi connectivity index (χ2v) is 9.03. The standard InChI is InChI=1S/C26H24N4O2S/c1-16-17(2)28-22-11-10-18(13-21(16)22)14-30-25(32)19-7-3-4-8-20(19)26(30)33-15-24(31)29-23-9-5-6-12-27-23/h3-13,28,32H,14-15H2,1-2H3,(H,27,29,31). The number of nitrogens with one attached hydrogen (secondary N) is 2. The number of carbonyl (C=O) groups is 1. The van der Waals surface area contributed by atoms with E-state index in [-0.39, 0.29) is 17.5 Å². The highest BCUT2D eigenvalue weighted by atomic mass is 32.2. The highest BCUT2D eigenvalue weighted by molar-refractivity contribution is 8.00. The summed E-state index contributed by atoms with van der Waals surface area (Å²) in [5.74, 6) is 0.797. The maximum Gasteiger partial charge on any atom is 0.235 e. The van der Waals surface area contributed by atoms with Gasteiger partial charge in [-0.15, -0.1) is 0 Å². The summed E-state index contributed by atoms with van der Waals surface area (Å²) in [5.41, 5.74) is 4.58. The van der Waals surface area contributed by atoms with E-state index in [2.05, 4.69) is 47.3 Å². The molecule has 5 rings (SSSR count). The zero-order valence-electron chi connectivity index (χ0n) is 18.4. The van der Waals surface area contributed by atoms with Crippen molar-refractivity contribution in [2.45, 2.75) is 25.4 Å². The van der Waals surface area contributed by atoms with Gasteiger partial charge >= 0.3 is 0 Å². The van der Waals surface area contributed by atoms with Gasteiger partial charge in [0.2, 0.25) is 5.91 Å². The molecule has 3 heterocycles. The lowest BCUT2D eigenvalue weighted by Crippen LogP contribution is -2.15. The number of hydrogen-bond acceptors (Lipinski definition) is 4. The molecule has 0 saturated heterocycles. The number of aromatic amines is 1. The molecule has 0 atom stereocenters. The van der Waals surface area contributed by atoms with Gasteiger partial charge in [-0.1, -0.05) is 42.1 Å². The molecule has 3 aromatic heterocycles. The minimum absolute atomic E-state index is 0.144. The molecule has 0 aliphatic rings. The Hall–Kier alpha value is -3.71. The van der Waals surface area contributed by atoms with Crippen LogP contribution >= 0.6 is 11.8 Å². The zero-order chi connectivity index (χ0) is 22.9. The largest absolute Gasteiger partial charge is 0.494 e. The molecule has 7 heteroatoms. The summed E-state index contributed by atoms with van der Waals surface area (Å²) in [6, 6.07) is 19.5. The molecule has 3 N–H and O–H groups in total. The van der Waals surface area contributed by atoms with E-state index in [4.69, 9.17) is 0 Å². The van der Waals surface area contributed by atoms with Crippen LogP contribution < -0.4 is 5.32 Å². The molecule has 5 aromatic rings. The number of thioether (sulfide) groups is 1. The topological polar surface area (TPSA) is 82.9 Å². The third-order valence-electron chi connectivity index (χ3n) is 5.88. The van der Waals surface area contributed by atoms with Crippen LogP contribution in [0.3, 0.4) is 0 Å². The van der Waals surface area contributed by atoms with Crippen molar-refractivity contribution < 1.29 is 9.90 Å². The first-order valence-corrected chi connectivity index (χ1v) is 11.7. The number of hydrogen-bond donors (Lipinski definition) is 3. The molecule has 2 aromatic carbocycles. The fraction of sp³-hybridized carbons (Fsp3) is 0.154. The molecule has 6 nitrogen and oxygen atoms in total. The number of rotatable bonds is 6. The van der Waals surface area contributed by atoms with E-state index in [1.165, 1.54) is 22.7 Å². The molecule has 0 bridgehead atoms. The molecule has 166 valence electrons. The summed E-state index contributed by atoms with van der Waals surface area (Å²) >= 11 is 1.41. The van der Waals surface area contributed by atoms with Crippen LogP contribution in [0.2, 0.25) is 0 Å². The number of amides is 1. The van der Waals surface area contributed by atoms with Gasteiger partial charge in [0.1, 0.15) is 5.82 Å². The van der Waals surface area contributed by atoms with Crippen molar-refractivity contribution >= 4 is 45.2 Å². The number of carbonyl (C=O) groups excluding carboxylic acids is 1. The van der Waals surface area contributed by atoms with Gasteiger partial charge in [-0.2, -0.15) is 0 Å². The zero-order valence-corrected chi connectivity index (χ0v) is 19.2. The molecule has 0 radical (unpaired) electrons. The minimum atomic E-state index is -0.144. The summed E-state index contributed by atoms with van der Waals surface area (Å²) in [7, 11) is 0. The van der Waals surface area contributed by atoms with Gasteiger partial charge in [-0.25, -0.2) is 4.98 Å². The average Bonchev–Trinajstić information content (AvgIpc) is 3.26. The number of fused-ring (bicyclic) bond motifs is 2. The molecule has 0 unspecified atom stereocenters. The summed E-state index contributed by atoms with van der Waals surface area (Å²) in [6.07, 6.45) is 1.64. The number of nitrogens with zero attached hydrogens (tertiary/aromatic N) is 2. The lowest BCUT2D eigenvalue weighted by atomic mass is 10.1. The SMILES string of the molecule is Cc1[nH]c2ccc(Cn3c(O)c4ccccc4c3SCC(=O)Nc3ccccn3)cc2c1C. The van der Waals surface area contributed by atoms with Crippen LogP contribution in [0.4, 0.5) is 5.82 Å². The fourth-order valence-electron chi connectivity index (χ4n) is 4.09. The van der Waals surface area contributed by atoms with Crippen molar-refractivity contribution in [1.82, 2.24) is 14.5 Å². The lowest BCUT2D eigenvalue weighted by Gasteiger charge is -2.11. The third-order valence-corrected chi connectivity index (χ3v) is 7.01. The van der Waals surface area contributed by atoms with Gasteiger partial charge < -0.3 is 20.0 Å². The number of benzene rings is 2. The van der Waals surface area contributed by atoms with Gasteiger partial charge in [-0.3, -0.25) is 4.79 Å². The van der Waals surface area contributed by atoms with E-state index in [9.17, 15) is 9.90 Å². The van der Waals surface area contributed by atoms with Crippen LogP contribution in [0.25, 0.3) is 21.7 Å². The van der Waals surface area contributed by atoms with Gasteiger partial charge in [0, 0.05) is 33.6 Å². The van der Waals surface area contributed by atoms with E-state index in [0.717, 1.165) is 32.6 Å². The van der Waals surface area contributed by atoms with Gasteiger partial charge in [0.05, 0.1) is 17.3 Å². The molecular weight excluding hydrogens is 432 g/mol. The number of pyridine rings is 1. The van der Waals surface area contributed by atoms with Crippen molar-refractivity contribution in [1.29, 1.82) is 0 Å². The predicted octanol–water partition coefficient (Wildman–Crippen LogP) is 5.62. The molecule has 0 fully saturated rings. The summed E-state index contributed by atoms with van der Waals surface area (Å²) < 4.78 is 1.89. The molecule has 0 spiro atoms. The van der Waals surface area contributed by atoms with Crippen LogP contribution in [0.1, 0.15) is 16.8 Å². The number of aryl methyl sites for hydroxylation is 2. The summed E-state index contributed by atoms with van der Waals surface area (Å²) in [6.45, 7) is 4.69. The Bertz CT molecular complexity index is 1470. The van der Waals surface area contributed by atoms with Crippen LogP contribution in [-0.2, 0) is 11.3 Å². The highest BCUT2D eigenvalue weighted by Crippen LogP contribution is 2.38. The van der Waals surface area contributed by atoms with Gasteiger partial charge in [0.15, 0.2) is 5.88 Å². The van der Waals surface area contributed by atoms with Crippen molar-refractivity contribution in [3.63, 3.8) is 0 Å². The molecule has 33 heavy (non-hydrogen) atoms. The Morgan fingerprint density at radius 1 is 1.06 bits per heavy atom. The third kappa shape index (κ3) is 4.07. The number of H-pyrrole nitrogens is 1. The lowest BCUT2D eigenvalue weighted by molar-refractivity contribution is -0.113. The van der Waals surface area contributed by atoms with Crippen molar-refractivity contribution in [2.75, 3.05) is 11.1 Å². The van der Waals surface area contributed by atoms with Crippen LogP contribution in [0, 0.1) is 13.8 Å². The van der Waals surface area contributed by atoms with Gasteiger partial charge in [-0.05, 0) is 55.3 Å². The first-order valence-electron chi connectivity index (χ1n) is 10.7. The van der Waals surface area contributed by atoms with E-state index in [1.807, 2.05) is 34.9 Å². The van der Waals surface area contributed by atoms with E-state index in [0.29, 0.717) is 12.4 Å². The predicted molar refractivity (Wildman–Crippen MR) is 134 cm³/mol. The van der Waals surface area contributed by atoms with Crippen molar-refractivity contribution in [3.05, 3.63) is 83.7 Å². The average molecular weight is 457 g/mol. The number of aromatic hydroxyl groups is 1. The maximum atomic E-state index is 12.5. The Kier molecular flexibility index (Phi) is 5.56. The maximum absolute atomic E-state index is 12.5. The summed E-state index contributed by atoms with van der Waals surface area (Å²) in [5, 5.41) is 17.6. The second kappa shape index (κ2) is 8.67. The second-order valence-electron chi connectivity index (χ2n) is 8.07. The van der Waals surface area contributed by atoms with E-state index in [1.54, 1.807) is 18.3 Å². The molecule has 1 amide bonds. The van der Waals surface area contributed by atoms with Crippen LogP contribution in [-0.4, -0.2) is 31.3 Å². The first-order chi connectivity index (χ1) is 16.0.